The van der Waals surface area contributed by atoms with Gasteiger partial charge >= 0.3 is 0 Å². The van der Waals surface area contributed by atoms with Gasteiger partial charge in [-0.2, -0.15) is 0 Å². The average molecular weight is 171 g/mol. The van der Waals surface area contributed by atoms with Gasteiger partial charge in [-0.25, -0.2) is 0 Å². The van der Waals surface area contributed by atoms with Gasteiger partial charge in [-0.15, -0.1) is 0 Å². The van der Waals surface area contributed by atoms with E-state index in [0.717, 1.165) is 11.0 Å². The first kappa shape index (κ1) is 7.80. The van der Waals surface area contributed by atoms with E-state index in [-0.39, 0.29) is 0 Å². The molecular formula is C11H9NO. The molecular weight excluding hydrogens is 162 g/mol. The number of aromatic nitrogens is 1. The minimum Gasteiger partial charge on any atom is -0.463 e. The maximum Gasteiger partial charge on any atom is 0.133 e. The minimum absolute atomic E-state index is 0.848. The molecule has 0 saturated heterocycles. The molecule has 0 atom stereocenters. The van der Waals surface area contributed by atoms with Crippen molar-refractivity contribution >= 4 is 11.0 Å². The van der Waals surface area contributed by atoms with E-state index < -0.39 is 0 Å². The third kappa shape index (κ3) is 1.85. The number of hydrogen-bond donors (Lipinski definition) is 0. The molecule has 64 valence electrons. The number of nitrogens with zero attached hydrogens (tertiary/aromatic N) is 1. The van der Waals surface area contributed by atoms with Crippen LogP contribution >= 0.6 is 0 Å². The van der Waals surface area contributed by atoms with Crippen LogP contribution < -0.4 is 0 Å². The summed E-state index contributed by atoms with van der Waals surface area (Å²) >= 11 is 0. The summed E-state index contributed by atoms with van der Waals surface area (Å²) < 4.78 is 5.36. The molecule has 2 nitrogen and oxygen atoms in total. The first-order chi connectivity index (χ1) is 6.47. The zero-order valence-corrected chi connectivity index (χ0v) is 7.05. The monoisotopic (exact) mass is 171 g/mol. The summed E-state index contributed by atoms with van der Waals surface area (Å²) in [5.41, 5.74) is 0.848. The van der Waals surface area contributed by atoms with Crippen molar-refractivity contribution in [3.05, 3.63) is 55.1 Å². The van der Waals surface area contributed by atoms with Gasteiger partial charge in [0.2, 0.25) is 0 Å². The first-order valence-electron chi connectivity index (χ1n) is 4.07. The Kier molecular flexibility index (Phi) is 2.23. The van der Waals surface area contributed by atoms with Crippen LogP contribution in [-0.2, 0) is 0 Å². The molecule has 0 unspecified atom stereocenters. The quantitative estimate of drug-likeness (QED) is 0.609. The van der Waals surface area contributed by atoms with Crippen LogP contribution in [0.25, 0.3) is 11.0 Å². The predicted molar refractivity (Wildman–Crippen MR) is 51.6 cm³/mol. The van der Waals surface area contributed by atoms with E-state index in [9.17, 15) is 0 Å². The average Bonchev–Trinajstić information content (AvgIpc) is 2.28. The van der Waals surface area contributed by atoms with Crippen molar-refractivity contribution in [2.45, 2.75) is 0 Å². The van der Waals surface area contributed by atoms with Crippen LogP contribution in [0.3, 0.4) is 0 Å². The first-order valence-corrected chi connectivity index (χ1v) is 4.07. The third-order valence-corrected chi connectivity index (χ3v) is 1.71. The summed E-state index contributed by atoms with van der Waals surface area (Å²) in [5, 5.41) is 1.06. The lowest BCUT2D eigenvalue weighted by atomic mass is 10.2. The molecule has 13 heavy (non-hydrogen) atoms. The Bertz CT molecular complexity index is 406. The molecule has 1 aromatic heterocycles. The molecule has 1 heterocycles. The number of hydrogen-bond acceptors (Lipinski definition) is 2. The van der Waals surface area contributed by atoms with Crippen LogP contribution in [-0.4, -0.2) is 4.98 Å². The summed E-state index contributed by atoms with van der Waals surface area (Å²) in [6.07, 6.45) is 4.91. The second kappa shape index (κ2) is 3.72. The molecule has 0 aliphatic rings. The molecule has 0 amide bonds. The van der Waals surface area contributed by atoms with Crippen molar-refractivity contribution in [3.63, 3.8) is 0 Å². The maximum atomic E-state index is 5.36. The SMILES string of the molecule is c1ccc2occncccc2c1. The smallest absolute Gasteiger partial charge is 0.133 e. The van der Waals surface area contributed by atoms with E-state index in [1.165, 1.54) is 0 Å². The van der Waals surface area contributed by atoms with Gasteiger partial charge in [-0.3, -0.25) is 4.98 Å². The summed E-state index contributed by atoms with van der Waals surface area (Å²) in [6.45, 7) is 0. The molecule has 0 saturated carbocycles. The molecule has 0 aliphatic heterocycles. The molecule has 0 aliphatic carbocycles. The predicted octanol–water partition coefficient (Wildman–Crippen LogP) is 2.95. The van der Waals surface area contributed by atoms with Gasteiger partial charge in [-0.1, -0.05) is 18.2 Å². The molecule has 2 aromatic rings. The number of benzene rings is 1. The summed E-state index contributed by atoms with van der Waals surface area (Å²) in [5.74, 6) is 0. The third-order valence-electron chi connectivity index (χ3n) is 1.71. The Balaban J connectivity index is 2.82. The van der Waals surface area contributed by atoms with Crippen LogP contribution in [0.4, 0.5) is 0 Å². The Morgan fingerprint density at radius 3 is 2.77 bits per heavy atom. The highest BCUT2D eigenvalue weighted by atomic mass is 16.3. The van der Waals surface area contributed by atoms with Gasteiger partial charge in [0, 0.05) is 11.6 Å². The van der Waals surface area contributed by atoms with Crippen LogP contribution in [0.5, 0.6) is 0 Å². The molecule has 2 rings (SSSR count). The van der Waals surface area contributed by atoms with E-state index in [2.05, 4.69) is 4.98 Å². The standard InChI is InChI=1S/C11H9NO/c1-2-6-11-10(4-1)5-3-7-12-8-9-13-11/h1-9H. The largest absolute Gasteiger partial charge is 0.463 e. The Hall–Kier alpha value is -1.83. The Labute approximate surface area is 76.2 Å². The van der Waals surface area contributed by atoms with Crippen molar-refractivity contribution in [3.8, 4) is 0 Å². The lowest BCUT2D eigenvalue weighted by molar-refractivity contribution is 0.604. The fourth-order valence-corrected chi connectivity index (χ4v) is 1.11. The van der Waals surface area contributed by atoms with Crippen molar-refractivity contribution in [2.75, 3.05) is 0 Å². The molecule has 0 radical (unpaired) electrons. The van der Waals surface area contributed by atoms with Gasteiger partial charge < -0.3 is 4.42 Å². The van der Waals surface area contributed by atoms with Crippen molar-refractivity contribution in [1.82, 2.24) is 4.98 Å². The molecule has 0 spiro atoms. The topological polar surface area (TPSA) is 26.0 Å². The minimum atomic E-state index is 0.848. The van der Waals surface area contributed by atoms with Crippen molar-refractivity contribution in [2.24, 2.45) is 0 Å². The Morgan fingerprint density at radius 2 is 1.77 bits per heavy atom. The summed E-state index contributed by atoms with van der Waals surface area (Å²) in [4.78, 5) is 3.96. The van der Waals surface area contributed by atoms with Gasteiger partial charge in [0.15, 0.2) is 0 Å². The number of rotatable bonds is 0. The van der Waals surface area contributed by atoms with Gasteiger partial charge in [0.05, 0.1) is 6.20 Å². The highest BCUT2D eigenvalue weighted by Crippen LogP contribution is 2.08. The van der Waals surface area contributed by atoms with Crippen LogP contribution in [0.1, 0.15) is 0 Å². The van der Waals surface area contributed by atoms with E-state index in [1.807, 2.05) is 36.4 Å². The fraction of sp³-hybridized carbons (Fsp3) is 0. The number of fused-ring (bicyclic) bond motifs is 1. The summed E-state index contributed by atoms with van der Waals surface area (Å²) in [6, 6.07) is 11.7. The van der Waals surface area contributed by atoms with Gasteiger partial charge in [0.25, 0.3) is 0 Å². The molecule has 0 N–H and O–H groups in total. The van der Waals surface area contributed by atoms with E-state index in [1.54, 1.807) is 18.7 Å². The van der Waals surface area contributed by atoms with E-state index in [4.69, 9.17) is 4.42 Å². The highest BCUT2D eigenvalue weighted by Gasteiger charge is 1.85. The molecule has 2 heteroatoms. The second-order valence-electron chi connectivity index (χ2n) is 2.60. The fourth-order valence-electron chi connectivity index (χ4n) is 1.11. The zero-order valence-electron chi connectivity index (χ0n) is 7.05. The van der Waals surface area contributed by atoms with Crippen molar-refractivity contribution < 1.29 is 4.42 Å². The normalized spacial score (nSPS) is 9.54. The van der Waals surface area contributed by atoms with Gasteiger partial charge in [0.1, 0.15) is 11.8 Å². The van der Waals surface area contributed by atoms with E-state index in [0.29, 0.717) is 0 Å². The number of para-hydroxylation sites is 1. The zero-order chi connectivity index (χ0) is 8.93. The second-order valence-corrected chi connectivity index (χ2v) is 2.60. The van der Waals surface area contributed by atoms with Gasteiger partial charge in [-0.05, 0) is 18.2 Å². The molecule has 0 bridgehead atoms. The van der Waals surface area contributed by atoms with E-state index >= 15 is 0 Å². The summed E-state index contributed by atoms with van der Waals surface area (Å²) in [7, 11) is 0. The Morgan fingerprint density at radius 1 is 0.923 bits per heavy atom. The molecule has 0 fully saturated rings. The molecule has 1 aromatic carbocycles. The maximum absolute atomic E-state index is 5.36. The van der Waals surface area contributed by atoms with Crippen LogP contribution in [0, 0.1) is 0 Å². The van der Waals surface area contributed by atoms with Crippen LogP contribution in [0.2, 0.25) is 0 Å². The lowest BCUT2D eigenvalue weighted by Crippen LogP contribution is -1.63. The highest BCUT2D eigenvalue weighted by molar-refractivity contribution is 5.75. The lowest BCUT2D eigenvalue weighted by Gasteiger charge is -1.88. The van der Waals surface area contributed by atoms with Crippen LogP contribution in [0.15, 0.2) is 59.5 Å². The van der Waals surface area contributed by atoms with Crippen molar-refractivity contribution in [1.29, 1.82) is 0 Å².